The van der Waals surface area contributed by atoms with Gasteiger partial charge in [-0.1, -0.05) is 0 Å². The van der Waals surface area contributed by atoms with Gasteiger partial charge in [0.25, 0.3) is 0 Å². The summed E-state index contributed by atoms with van der Waals surface area (Å²) in [6, 6.07) is 0.543. The van der Waals surface area contributed by atoms with E-state index in [0.29, 0.717) is 31.5 Å². The highest BCUT2D eigenvalue weighted by atomic mass is 16.5. The normalized spacial score (nSPS) is 31.8. The van der Waals surface area contributed by atoms with Crippen LogP contribution in [-0.2, 0) is 9.47 Å². The van der Waals surface area contributed by atoms with Crippen molar-refractivity contribution in [3.05, 3.63) is 0 Å². The Bertz CT molecular complexity index is 156. The first-order chi connectivity index (χ1) is 7.22. The Morgan fingerprint density at radius 2 is 1.93 bits per heavy atom. The summed E-state index contributed by atoms with van der Waals surface area (Å²) in [6.45, 7) is 6.29. The van der Waals surface area contributed by atoms with Crippen molar-refractivity contribution in [3.8, 4) is 0 Å². The zero-order valence-electron chi connectivity index (χ0n) is 9.74. The number of hydrogen-bond donors (Lipinski definition) is 2. The maximum atomic E-state index is 8.52. The highest BCUT2D eigenvalue weighted by molar-refractivity contribution is 4.78. The minimum atomic E-state index is 0.103. The molecule has 0 aromatic rings. The van der Waals surface area contributed by atoms with E-state index in [0.717, 1.165) is 19.4 Å². The van der Waals surface area contributed by atoms with Gasteiger partial charge in [-0.25, -0.2) is 0 Å². The average molecular weight is 217 g/mol. The molecule has 15 heavy (non-hydrogen) atoms. The van der Waals surface area contributed by atoms with Crippen molar-refractivity contribution >= 4 is 0 Å². The van der Waals surface area contributed by atoms with Crippen LogP contribution in [0.5, 0.6) is 0 Å². The van der Waals surface area contributed by atoms with Crippen molar-refractivity contribution in [2.24, 2.45) is 0 Å². The Morgan fingerprint density at radius 1 is 1.27 bits per heavy atom. The fraction of sp³-hybridized carbons (Fsp3) is 1.00. The molecule has 1 fully saturated rings. The van der Waals surface area contributed by atoms with Gasteiger partial charge in [-0.05, 0) is 26.7 Å². The Labute approximate surface area is 92.0 Å². The Balaban J connectivity index is 2.04. The predicted molar refractivity (Wildman–Crippen MR) is 58.9 cm³/mol. The second-order valence-electron chi connectivity index (χ2n) is 4.22. The Hall–Kier alpha value is -0.160. The van der Waals surface area contributed by atoms with Gasteiger partial charge in [-0.3, -0.25) is 0 Å². The summed E-state index contributed by atoms with van der Waals surface area (Å²) in [5, 5.41) is 12.0. The molecule has 4 heteroatoms. The van der Waals surface area contributed by atoms with Crippen LogP contribution in [0.25, 0.3) is 0 Å². The van der Waals surface area contributed by atoms with E-state index < -0.39 is 0 Å². The van der Waals surface area contributed by atoms with E-state index in [1.54, 1.807) is 0 Å². The van der Waals surface area contributed by atoms with Crippen molar-refractivity contribution in [1.29, 1.82) is 0 Å². The van der Waals surface area contributed by atoms with E-state index >= 15 is 0 Å². The van der Waals surface area contributed by atoms with Gasteiger partial charge in [0.2, 0.25) is 0 Å². The lowest BCUT2D eigenvalue weighted by atomic mass is 10.00. The fourth-order valence-electron chi connectivity index (χ4n) is 2.07. The van der Waals surface area contributed by atoms with Gasteiger partial charge in [0.05, 0.1) is 32.0 Å². The highest BCUT2D eigenvalue weighted by Crippen LogP contribution is 2.18. The number of aliphatic hydroxyl groups excluding tert-OH is 1. The summed E-state index contributed by atoms with van der Waals surface area (Å²) in [5.41, 5.74) is 0. The smallest absolute Gasteiger partial charge is 0.0698 e. The van der Waals surface area contributed by atoms with Crippen molar-refractivity contribution in [2.45, 2.75) is 44.9 Å². The van der Waals surface area contributed by atoms with Gasteiger partial charge < -0.3 is 19.9 Å². The first-order valence-electron chi connectivity index (χ1n) is 5.79. The van der Waals surface area contributed by atoms with E-state index in [-0.39, 0.29) is 6.61 Å². The van der Waals surface area contributed by atoms with E-state index in [1.807, 2.05) is 0 Å². The molecule has 1 rings (SSSR count). The zero-order valence-corrected chi connectivity index (χ0v) is 9.74. The van der Waals surface area contributed by atoms with Crippen LogP contribution in [-0.4, -0.2) is 49.7 Å². The molecule has 1 aliphatic rings. The van der Waals surface area contributed by atoms with E-state index in [4.69, 9.17) is 14.6 Å². The molecule has 0 aromatic heterocycles. The quantitative estimate of drug-likeness (QED) is 0.638. The molecule has 2 unspecified atom stereocenters. The van der Waals surface area contributed by atoms with Crippen LogP contribution in [0.1, 0.15) is 26.7 Å². The standard InChI is InChI=1S/C11H23NO3/c1-9-7-11(8-10(2)15-9)12-3-5-14-6-4-13/h9-13H,3-8H2,1-2H3. The summed E-state index contributed by atoms with van der Waals surface area (Å²) in [4.78, 5) is 0. The second kappa shape index (κ2) is 7.17. The molecule has 0 radical (unpaired) electrons. The van der Waals surface area contributed by atoms with Crippen molar-refractivity contribution in [1.82, 2.24) is 5.32 Å². The van der Waals surface area contributed by atoms with Crippen molar-refractivity contribution < 1.29 is 14.6 Å². The van der Waals surface area contributed by atoms with Gasteiger partial charge in [0, 0.05) is 12.6 Å². The summed E-state index contributed by atoms with van der Waals surface area (Å²) in [7, 11) is 0. The van der Waals surface area contributed by atoms with E-state index in [1.165, 1.54) is 0 Å². The summed E-state index contributed by atoms with van der Waals surface area (Å²) < 4.78 is 10.8. The van der Waals surface area contributed by atoms with Crippen LogP contribution in [0.15, 0.2) is 0 Å². The van der Waals surface area contributed by atoms with Crippen LogP contribution in [0.2, 0.25) is 0 Å². The number of ether oxygens (including phenoxy) is 2. The molecule has 0 bridgehead atoms. The lowest BCUT2D eigenvalue weighted by Crippen LogP contribution is -2.42. The molecular weight excluding hydrogens is 194 g/mol. The molecule has 0 aliphatic carbocycles. The van der Waals surface area contributed by atoms with Crippen LogP contribution < -0.4 is 5.32 Å². The van der Waals surface area contributed by atoms with Crippen molar-refractivity contribution in [2.75, 3.05) is 26.4 Å². The molecular formula is C11H23NO3. The van der Waals surface area contributed by atoms with Gasteiger partial charge in [-0.2, -0.15) is 0 Å². The third-order valence-corrected chi connectivity index (χ3v) is 2.61. The molecule has 1 heterocycles. The van der Waals surface area contributed by atoms with Gasteiger partial charge in [0.15, 0.2) is 0 Å². The number of aliphatic hydroxyl groups is 1. The van der Waals surface area contributed by atoms with E-state index in [9.17, 15) is 0 Å². The first kappa shape index (κ1) is 12.9. The van der Waals surface area contributed by atoms with Crippen LogP contribution >= 0.6 is 0 Å². The fourth-order valence-corrected chi connectivity index (χ4v) is 2.07. The third-order valence-electron chi connectivity index (χ3n) is 2.61. The van der Waals surface area contributed by atoms with Crippen LogP contribution in [0.4, 0.5) is 0 Å². The maximum Gasteiger partial charge on any atom is 0.0698 e. The molecule has 2 N–H and O–H groups in total. The predicted octanol–water partition coefficient (Wildman–Crippen LogP) is 0.541. The minimum absolute atomic E-state index is 0.103. The Morgan fingerprint density at radius 3 is 2.53 bits per heavy atom. The second-order valence-corrected chi connectivity index (χ2v) is 4.22. The lowest BCUT2D eigenvalue weighted by molar-refractivity contribution is -0.0429. The molecule has 0 saturated carbocycles. The molecule has 1 saturated heterocycles. The molecule has 1 aliphatic heterocycles. The van der Waals surface area contributed by atoms with E-state index in [2.05, 4.69) is 19.2 Å². The largest absolute Gasteiger partial charge is 0.394 e. The monoisotopic (exact) mass is 217 g/mol. The zero-order chi connectivity index (χ0) is 11.1. The molecule has 0 amide bonds. The topological polar surface area (TPSA) is 50.7 Å². The van der Waals surface area contributed by atoms with Crippen molar-refractivity contribution in [3.63, 3.8) is 0 Å². The molecule has 4 nitrogen and oxygen atoms in total. The van der Waals surface area contributed by atoms with Crippen LogP contribution in [0, 0.1) is 0 Å². The molecule has 0 spiro atoms. The molecule has 2 atom stereocenters. The number of nitrogens with one attached hydrogen (secondary N) is 1. The first-order valence-corrected chi connectivity index (χ1v) is 5.79. The lowest BCUT2D eigenvalue weighted by Gasteiger charge is -2.32. The van der Waals surface area contributed by atoms with Gasteiger partial charge in [0.1, 0.15) is 0 Å². The minimum Gasteiger partial charge on any atom is -0.394 e. The summed E-state index contributed by atoms with van der Waals surface area (Å²) >= 11 is 0. The van der Waals surface area contributed by atoms with Gasteiger partial charge >= 0.3 is 0 Å². The third kappa shape index (κ3) is 5.47. The highest BCUT2D eigenvalue weighted by Gasteiger charge is 2.23. The Kier molecular flexibility index (Phi) is 6.17. The molecule has 90 valence electrons. The number of rotatable bonds is 6. The van der Waals surface area contributed by atoms with Crippen LogP contribution in [0.3, 0.4) is 0 Å². The maximum absolute atomic E-state index is 8.52. The summed E-state index contributed by atoms with van der Waals surface area (Å²) in [5.74, 6) is 0. The van der Waals surface area contributed by atoms with Gasteiger partial charge in [-0.15, -0.1) is 0 Å². The molecule has 0 aromatic carbocycles. The SMILES string of the molecule is CC1CC(NCCOCCO)CC(C)O1. The average Bonchev–Trinajstić information content (AvgIpc) is 2.16. The summed E-state index contributed by atoms with van der Waals surface area (Å²) in [6.07, 6.45) is 2.85. The number of hydrogen-bond acceptors (Lipinski definition) is 4.